The Morgan fingerprint density at radius 3 is 2.74 bits per heavy atom. The van der Waals surface area contributed by atoms with Crippen LogP contribution in [0.25, 0.3) is 0 Å². The molecule has 0 aromatic carbocycles. The summed E-state index contributed by atoms with van der Waals surface area (Å²) in [5, 5.41) is 4.41. The number of rotatable bonds is 9. The Labute approximate surface area is 203 Å². The Kier molecular flexibility index (Phi) is 7.02. The molecule has 2 aromatic heterocycles. The highest BCUT2D eigenvalue weighted by molar-refractivity contribution is 7.13. The zero-order valence-electron chi connectivity index (χ0n) is 19.7. The van der Waals surface area contributed by atoms with Gasteiger partial charge in [-0.15, -0.1) is 0 Å². The quantitative estimate of drug-likeness (QED) is 0.468. The summed E-state index contributed by atoms with van der Waals surface area (Å²) < 4.78 is 36.9. The van der Waals surface area contributed by atoms with Crippen LogP contribution in [-0.4, -0.2) is 45.9 Å². The van der Waals surface area contributed by atoms with Crippen molar-refractivity contribution in [3.05, 3.63) is 28.1 Å². The van der Waals surface area contributed by atoms with Crippen LogP contribution in [0.2, 0.25) is 0 Å². The van der Waals surface area contributed by atoms with Gasteiger partial charge in [-0.05, 0) is 51.0 Å². The molecule has 2 aromatic rings. The van der Waals surface area contributed by atoms with Crippen LogP contribution >= 0.6 is 11.3 Å². The first-order chi connectivity index (χ1) is 16.3. The second-order valence-corrected chi connectivity index (χ2v) is 11.5. The Hall–Kier alpha value is -1.87. The first-order valence-electron chi connectivity index (χ1n) is 12.5. The van der Waals surface area contributed by atoms with Gasteiger partial charge < -0.3 is 9.26 Å². The van der Waals surface area contributed by atoms with Crippen LogP contribution < -0.4 is 4.74 Å². The number of Topliss-reactive ketones (excluding diaryl/α,β-unsaturated/α-hetero) is 1. The minimum absolute atomic E-state index is 0.194. The molecule has 0 saturated heterocycles. The van der Waals surface area contributed by atoms with E-state index in [1.807, 2.05) is 13.0 Å². The number of halogens is 2. The van der Waals surface area contributed by atoms with E-state index in [0.717, 1.165) is 56.2 Å². The van der Waals surface area contributed by atoms with Gasteiger partial charge in [0.1, 0.15) is 17.6 Å². The van der Waals surface area contributed by atoms with E-state index in [1.54, 1.807) is 0 Å². The molecule has 2 aliphatic carbocycles. The number of fused-ring (bicyclic) bond motifs is 1. The number of ketones is 1. The van der Waals surface area contributed by atoms with Crippen LogP contribution in [0.5, 0.6) is 5.19 Å². The summed E-state index contributed by atoms with van der Waals surface area (Å²) in [6, 6.07) is 1.84. The van der Waals surface area contributed by atoms with E-state index in [-0.39, 0.29) is 18.6 Å². The summed E-state index contributed by atoms with van der Waals surface area (Å²) in [4.78, 5) is 20.7. The van der Waals surface area contributed by atoms with Gasteiger partial charge in [0.05, 0.1) is 17.8 Å². The van der Waals surface area contributed by atoms with Gasteiger partial charge in [-0.25, -0.2) is 13.8 Å². The Bertz CT molecular complexity index is 991. The van der Waals surface area contributed by atoms with Crippen LogP contribution in [0.1, 0.15) is 73.4 Å². The predicted molar refractivity (Wildman–Crippen MR) is 124 cm³/mol. The number of carbonyl (C=O) groups excluding carboxylic acids is 1. The van der Waals surface area contributed by atoms with Crippen LogP contribution in [0, 0.1) is 18.8 Å². The van der Waals surface area contributed by atoms with E-state index >= 15 is 0 Å². The summed E-state index contributed by atoms with van der Waals surface area (Å²) in [5.41, 5.74) is 1.87. The lowest BCUT2D eigenvalue weighted by Gasteiger charge is -2.33. The van der Waals surface area contributed by atoms with Gasteiger partial charge in [-0.1, -0.05) is 29.3 Å². The van der Waals surface area contributed by atoms with Crippen molar-refractivity contribution in [2.75, 3.05) is 13.1 Å². The number of hydrogen-bond acceptors (Lipinski definition) is 7. The third-order valence-electron chi connectivity index (χ3n) is 7.49. The molecule has 0 radical (unpaired) electrons. The van der Waals surface area contributed by atoms with Gasteiger partial charge in [-0.3, -0.25) is 9.69 Å². The van der Waals surface area contributed by atoms with Crippen molar-refractivity contribution in [1.82, 2.24) is 15.0 Å². The molecule has 2 saturated carbocycles. The lowest BCUT2D eigenvalue weighted by Crippen LogP contribution is -2.43. The third-order valence-corrected chi connectivity index (χ3v) is 8.54. The van der Waals surface area contributed by atoms with Crippen LogP contribution in [0.3, 0.4) is 0 Å². The summed E-state index contributed by atoms with van der Waals surface area (Å²) in [5.74, 6) is -0.427. The van der Waals surface area contributed by atoms with Crippen molar-refractivity contribution >= 4 is 17.1 Å². The van der Waals surface area contributed by atoms with E-state index in [0.29, 0.717) is 29.7 Å². The molecule has 0 atom stereocenters. The van der Waals surface area contributed by atoms with Crippen molar-refractivity contribution in [3.8, 4) is 5.19 Å². The number of carbonyl (C=O) groups is 1. The van der Waals surface area contributed by atoms with E-state index in [1.165, 1.54) is 35.5 Å². The number of aromatic nitrogens is 2. The van der Waals surface area contributed by atoms with Crippen molar-refractivity contribution in [2.45, 2.75) is 89.7 Å². The zero-order valence-corrected chi connectivity index (χ0v) is 20.5. The van der Waals surface area contributed by atoms with E-state index in [2.05, 4.69) is 15.0 Å². The van der Waals surface area contributed by atoms with Crippen molar-refractivity contribution in [3.63, 3.8) is 0 Å². The standard InChI is InChI=1S/C25H33F2N3O3S/c1-16-10-20(33-29-16)12-19(31)11-18-4-2-17(3-5-18)6-8-30-9-7-23-22(15-30)28-24(34-23)32-21-13-25(26,27)14-21/h10,17-18,21H,2-9,11-15H2,1H3. The highest BCUT2D eigenvalue weighted by atomic mass is 32.1. The minimum Gasteiger partial charge on any atom is -0.466 e. The summed E-state index contributed by atoms with van der Waals surface area (Å²) in [6.45, 7) is 4.76. The second-order valence-electron chi connectivity index (χ2n) is 10.4. The lowest BCUT2D eigenvalue weighted by molar-refractivity contribution is -0.134. The molecular weight excluding hydrogens is 460 g/mol. The largest absolute Gasteiger partial charge is 0.466 e. The molecule has 34 heavy (non-hydrogen) atoms. The third kappa shape index (κ3) is 6.03. The molecule has 0 spiro atoms. The maximum absolute atomic E-state index is 13.0. The van der Waals surface area contributed by atoms with Gasteiger partial charge in [0.15, 0.2) is 0 Å². The van der Waals surface area contributed by atoms with Crippen molar-refractivity contribution in [2.24, 2.45) is 11.8 Å². The minimum atomic E-state index is -2.57. The fraction of sp³-hybridized carbons (Fsp3) is 0.720. The molecule has 0 unspecified atom stereocenters. The normalized spacial score (nSPS) is 25.0. The van der Waals surface area contributed by atoms with Crippen LogP contribution in [0.15, 0.2) is 10.6 Å². The molecule has 0 amide bonds. The lowest BCUT2D eigenvalue weighted by atomic mass is 9.78. The smallest absolute Gasteiger partial charge is 0.273 e. The average molecular weight is 494 g/mol. The number of aryl methyl sites for hydroxylation is 1. The topological polar surface area (TPSA) is 68.5 Å². The molecule has 0 bridgehead atoms. The zero-order chi connectivity index (χ0) is 23.7. The fourth-order valence-corrected chi connectivity index (χ4v) is 6.45. The first-order valence-corrected chi connectivity index (χ1v) is 13.3. The highest BCUT2D eigenvalue weighted by Gasteiger charge is 2.47. The van der Waals surface area contributed by atoms with E-state index in [9.17, 15) is 13.6 Å². The summed E-state index contributed by atoms with van der Waals surface area (Å²) >= 11 is 1.53. The molecule has 3 heterocycles. The molecular formula is C25H33F2N3O3S. The molecule has 1 aliphatic heterocycles. The van der Waals surface area contributed by atoms with Crippen LogP contribution in [-0.2, 0) is 24.2 Å². The van der Waals surface area contributed by atoms with Gasteiger partial charge in [0.2, 0.25) is 0 Å². The van der Waals surface area contributed by atoms with E-state index in [4.69, 9.17) is 9.26 Å². The van der Waals surface area contributed by atoms with Gasteiger partial charge in [-0.2, -0.15) is 0 Å². The number of nitrogens with zero attached hydrogens (tertiary/aromatic N) is 3. The maximum atomic E-state index is 13.0. The average Bonchev–Trinajstić information content (AvgIpc) is 3.36. The Morgan fingerprint density at radius 1 is 1.26 bits per heavy atom. The SMILES string of the molecule is Cc1cc(CC(=O)CC2CCC(CCN3CCc4sc(OC5CC(F)(F)C5)nc4C3)CC2)on1. The molecule has 5 rings (SSSR count). The number of hydrogen-bond donors (Lipinski definition) is 0. The van der Waals surface area contributed by atoms with Gasteiger partial charge in [0, 0.05) is 43.3 Å². The van der Waals surface area contributed by atoms with E-state index < -0.39 is 12.0 Å². The molecule has 3 aliphatic rings. The Morgan fingerprint density at radius 2 is 2.03 bits per heavy atom. The summed E-state index contributed by atoms with van der Waals surface area (Å²) in [7, 11) is 0. The Balaban J connectivity index is 1.00. The first kappa shape index (κ1) is 23.9. The van der Waals surface area contributed by atoms with Crippen molar-refractivity contribution in [1.29, 1.82) is 0 Å². The number of ether oxygens (including phenoxy) is 1. The van der Waals surface area contributed by atoms with Crippen LogP contribution in [0.4, 0.5) is 8.78 Å². The molecule has 186 valence electrons. The molecule has 6 nitrogen and oxygen atoms in total. The van der Waals surface area contributed by atoms with Gasteiger partial charge in [0.25, 0.3) is 11.1 Å². The van der Waals surface area contributed by atoms with Crippen molar-refractivity contribution < 1.29 is 22.8 Å². The fourth-order valence-electron chi connectivity index (χ4n) is 5.48. The molecule has 2 fully saturated rings. The summed E-state index contributed by atoms with van der Waals surface area (Å²) in [6.07, 6.45) is 7.00. The molecule has 9 heteroatoms. The maximum Gasteiger partial charge on any atom is 0.273 e. The molecule has 0 N–H and O–H groups in total. The second kappa shape index (κ2) is 10.0. The monoisotopic (exact) mass is 493 g/mol. The van der Waals surface area contributed by atoms with Gasteiger partial charge >= 0.3 is 0 Å². The number of thiazole rings is 1. The number of alkyl halides is 2. The predicted octanol–water partition coefficient (Wildman–Crippen LogP) is 5.37. The highest BCUT2D eigenvalue weighted by Crippen LogP contribution is 2.41.